The van der Waals surface area contributed by atoms with Gasteiger partial charge >= 0.3 is 6.18 Å². The fraction of sp³-hybridized carbons (Fsp3) is 0.900. The highest BCUT2D eigenvalue weighted by Crippen LogP contribution is 2.32. The third-order valence-corrected chi connectivity index (χ3v) is 2.68. The van der Waals surface area contributed by atoms with Gasteiger partial charge in [-0.3, -0.25) is 4.79 Å². The van der Waals surface area contributed by atoms with Crippen LogP contribution >= 0.6 is 0 Å². The topological polar surface area (TPSA) is 40.5 Å². The summed E-state index contributed by atoms with van der Waals surface area (Å²) in [5.41, 5.74) is 0. The minimum atomic E-state index is -4.30. The van der Waals surface area contributed by atoms with Crippen LogP contribution < -0.4 is 0 Å². The SMILES string of the molecule is CN(CC(O)C1CC1)C(=O)CCC(F)(F)F. The number of aliphatic hydroxyl groups is 1. The molecule has 0 aromatic heterocycles. The van der Waals surface area contributed by atoms with Gasteiger partial charge in [0.1, 0.15) is 0 Å². The smallest absolute Gasteiger partial charge is 0.389 e. The third kappa shape index (κ3) is 4.83. The van der Waals surface area contributed by atoms with E-state index in [0.717, 1.165) is 12.8 Å². The van der Waals surface area contributed by atoms with Gasteiger partial charge in [-0.1, -0.05) is 0 Å². The number of amides is 1. The summed E-state index contributed by atoms with van der Waals surface area (Å²) in [6, 6.07) is 0. The molecule has 0 aromatic rings. The molecule has 0 aliphatic heterocycles. The fourth-order valence-corrected chi connectivity index (χ4v) is 1.45. The molecule has 0 radical (unpaired) electrons. The van der Waals surface area contributed by atoms with Gasteiger partial charge in [0.15, 0.2) is 0 Å². The van der Waals surface area contributed by atoms with Gasteiger partial charge in [0, 0.05) is 20.0 Å². The van der Waals surface area contributed by atoms with Crippen LogP contribution in [0.5, 0.6) is 0 Å². The maximum atomic E-state index is 11.9. The van der Waals surface area contributed by atoms with E-state index in [2.05, 4.69) is 0 Å². The standard InChI is InChI=1S/C10H16F3NO2/c1-14(6-8(15)7-2-3-7)9(16)4-5-10(11,12)13/h7-8,15H,2-6H2,1H3. The van der Waals surface area contributed by atoms with Gasteiger partial charge < -0.3 is 10.0 Å². The van der Waals surface area contributed by atoms with E-state index in [1.165, 1.54) is 11.9 Å². The highest BCUT2D eigenvalue weighted by molar-refractivity contribution is 5.75. The van der Waals surface area contributed by atoms with Crippen molar-refractivity contribution in [2.24, 2.45) is 5.92 Å². The summed E-state index contributed by atoms with van der Waals surface area (Å²) >= 11 is 0. The average molecular weight is 239 g/mol. The van der Waals surface area contributed by atoms with E-state index in [9.17, 15) is 23.1 Å². The number of hydrogen-bond donors (Lipinski definition) is 1. The predicted molar refractivity (Wildman–Crippen MR) is 51.7 cm³/mol. The lowest BCUT2D eigenvalue weighted by Gasteiger charge is -2.21. The van der Waals surface area contributed by atoms with E-state index in [4.69, 9.17) is 0 Å². The van der Waals surface area contributed by atoms with E-state index in [-0.39, 0.29) is 12.5 Å². The Bertz CT molecular complexity index is 251. The van der Waals surface area contributed by atoms with E-state index < -0.39 is 31.0 Å². The van der Waals surface area contributed by atoms with Gasteiger partial charge in [-0.05, 0) is 18.8 Å². The number of aliphatic hydroxyl groups excluding tert-OH is 1. The molecule has 1 amide bonds. The molecule has 16 heavy (non-hydrogen) atoms. The molecule has 1 aliphatic rings. The van der Waals surface area contributed by atoms with Gasteiger partial charge in [0.2, 0.25) is 5.91 Å². The highest BCUT2D eigenvalue weighted by atomic mass is 19.4. The predicted octanol–water partition coefficient (Wildman–Crippen LogP) is 1.56. The Hall–Kier alpha value is -0.780. The van der Waals surface area contributed by atoms with Crippen molar-refractivity contribution in [1.82, 2.24) is 4.90 Å². The molecule has 1 N–H and O–H groups in total. The first-order valence-electron chi connectivity index (χ1n) is 5.28. The molecular weight excluding hydrogens is 223 g/mol. The van der Waals surface area contributed by atoms with Crippen LogP contribution in [0.25, 0.3) is 0 Å². The first-order chi connectivity index (χ1) is 7.29. The molecule has 1 atom stereocenters. The van der Waals surface area contributed by atoms with Crippen LogP contribution in [0, 0.1) is 5.92 Å². The van der Waals surface area contributed by atoms with E-state index >= 15 is 0 Å². The largest absolute Gasteiger partial charge is 0.391 e. The Morgan fingerprint density at radius 3 is 2.50 bits per heavy atom. The molecule has 94 valence electrons. The van der Waals surface area contributed by atoms with Crippen LogP contribution in [0.3, 0.4) is 0 Å². The van der Waals surface area contributed by atoms with Crippen LogP contribution in [-0.2, 0) is 4.79 Å². The van der Waals surface area contributed by atoms with E-state index in [0.29, 0.717) is 0 Å². The molecular formula is C10H16F3NO2. The first kappa shape index (κ1) is 13.3. The lowest BCUT2D eigenvalue weighted by Crippen LogP contribution is -2.35. The lowest BCUT2D eigenvalue weighted by molar-refractivity contribution is -0.149. The van der Waals surface area contributed by atoms with Gasteiger partial charge in [-0.15, -0.1) is 0 Å². The van der Waals surface area contributed by atoms with E-state index in [1.54, 1.807) is 0 Å². The van der Waals surface area contributed by atoms with Crippen molar-refractivity contribution in [2.75, 3.05) is 13.6 Å². The summed E-state index contributed by atoms with van der Waals surface area (Å²) in [5.74, 6) is -0.352. The summed E-state index contributed by atoms with van der Waals surface area (Å²) in [5, 5.41) is 9.52. The van der Waals surface area contributed by atoms with Crippen LogP contribution in [0.2, 0.25) is 0 Å². The summed E-state index contributed by atoms with van der Waals surface area (Å²) in [4.78, 5) is 12.5. The van der Waals surface area contributed by atoms with Crippen LogP contribution in [0.4, 0.5) is 13.2 Å². The van der Waals surface area contributed by atoms with E-state index in [1.807, 2.05) is 0 Å². The average Bonchev–Trinajstić information content (AvgIpc) is 2.95. The third-order valence-electron chi connectivity index (χ3n) is 2.68. The van der Waals surface area contributed by atoms with Crippen molar-refractivity contribution < 1.29 is 23.1 Å². The van der Waals surface area contributed by atoms with Crippen LogP contribution in [0.1, 0.15) is 25.7 Å². The quantitative estimate of drug-likeness (QED) is 0.791. The van der Waals surface area contributed by atoms with Gasteiger partial charge in [-0.25, -0.2) is 0 Å². The summed E-state index contributed by atoms with van der Waals surface area (Å²) in [6.45, 7) is 0.126. The molecule has 0 saturated heterocycles. The maximum absolute atomic E-state index is 11.9. The molecule has 1 fully saturated rings. The van der Waals surface area contributed by atoms with Crippen molar-refractivity contribution in [2.45, 2.75) is 38.0 Å². The van der Waals surface area contributed by atoms with Gasteiger partial charge in [0.25, 0.3) is 0 Å². The Balaban J connectivity index is 2.24. The molecule has 0 aromatic carbocycles. The van der Waals surface area contributed by atoms with Crippen molar-refractivity contribution in [3.63, 3.8) is 0 Å². The Morgan fingerprint density at radius 2 is 2.06 bits per heavy atom. The van der Waals surface area contributed by atoms with Gasteiger partial charge in [-0.2, -0.15) is 13.2 Å². The highest BCUT2D eigenvalue weighted by Gasteiger charge is 2.32. The minimum Gasteiger partial charge on any atom is -0.391 e. The Morgan fingerprint density at radius 1 is 1.50 bits per heavy atom. The van der Waals surface area contributed by atoms with Crippen LogP contribution in [0.15, 0.2) is 0 Å². The first-order valence-corrected chi connectivity index (χ1v) is 5.28. The minimum absolute atomic E-state index is 0.126. The lowest BCUT2D eigenvalue weighted by atomic mass is 10.2. The van der Waals surface area contributed by atoms with Crippen LogP contribution in [-0.4, -0.2) is 41.8 Å². The molecule has 1 aliphatic carbocycles. The number of alkyl halides is 3. The number of rotatable bonds is 5. The molecule has 0 spiro atoms. The molecule has 6 heteroatoms. The second-order valence-corrected chi connectivity index (χ2v) is 4.29. The van der Waals surface area contributed by atoms with Crippen molar-refractivity contribution in [1.29, 1.82) is 0 Å². The second kappa shape index (κ2) is 5.03. The van der Waals surface area contributed by atoms with Crippen molar-refractivity contribution >= 4 is 5.91 Å². The van der Waals surface area contributed by atoms with Gasteiger partial charge in [0.05, 0.1) is 12.5 Å². The maximum Gasteiger partial charge on any atom is 0.389 e. The molecule has 1 unspecified atom stereocenters. The molecule has 1 saturated carbocycles. The number of carbonyl (C=O) groups excluding carboxylic acids is 1. The second-order valence-electron chi connectivity index (χ2n) is 4.29. The summed E-state index contributed by atoms with van der Waals surface area (Å²) in [6.07, 6.45) is -4.67. The fourth-order valence-electron chi connectivity index (χ4n) is 1.45. The summed E-state index contributed by atoms with van der Waals surface area (Å²) < 4.78 is 35.6. The number of hydrogen-bond acceptors (Lipinski definition) is 2. The zero-order valence-electron chi connectivity index (χ0n) is 9.13. The number of halogens is 3. The summed E-state index contributed by atoms with van der Waals surface area (Å²) in [7, 11) is 1.42. The molecule has 3 nitrogen and oxygen atoms in total. The molecule has 1 rings (SSSR count). The Kier molecular flexibility index (Phi) is 4.18. The number of likely N-dealkylation sites (N-methyl/N-ethyl adjacent to an activating group) is 1. The Labute approximate surface area is 92.2 Å². The zero-order valence-corrected chi connectivity index (χ0v) is 9.13. The number of nitrogens with zero attached hydrogens (tertiary/aromatic N) is 1. The normalized spacial score (nSPS) is 18.3. The van der Waals surface area contributed by atoms with Crippen molar-refractivity contribution in [3.05, 3.63) is 0 Å². The monoisotopic (exact) mass is 239 g/mol. The molecule has 0 bridgehead atoms. The van der Waals surface area contributed by atoms with Crippen molar-refractivity contribution in [3.8, 4) is 0 Å². The molecule has 0 heterocycles. The number of carbonyl (C=O) groups is 1. The zero-order chi connectivity index (χ0) is 12.3.